The highest BCUT2D eigenvalue weighted by molar-refractivity contribution is 6.04. The highest BCUT2D eigenvalue weighted by Crippen LogP contribution is 2.44. The third-order valence-electron chi connectivity index (χ3n) is 6.78. The van der Waals surface area contributed by atoms with Gasteiger partial charge in [-0.2, -0.15) is 0 Å². The van der Waals surface area contributed by atoms with Crippen molar-refractivity contribution in [3.8, 4) is 0 Å². The molecule has 0 saturated heterocycles. The number of carboxylic acid groups (broad SMARTS) is 1. The fraction of sp³-hybridized carbons (Fsp3) is 0.500. The standard InChI is InChI=1S/C22H26FN3O3/c1-11(22(25-3)6-7-22)8-17(24)13-4-5-14-19(12(13)2)26(18-9-16(18)23)10-15(20(14)27)21(28)29/h4-5,10-11,16,18,24-25H,6-9H2,1-3H3,(H,28,29)/t11-,16-,18+/m1/s1. The van der Waals surface area contributed by atoms with E-state index in [9.17, 15) is 19.1 Å². The van der Waals surface area contributed by atoms with Crippen LogP contribution in [0.5, 0.6) is 0 Å². The number of aryl methyl sites for hydroxylation is 1. The van der Waals surface area contributed by atoms with Crippen LogP contribution in [0.2, 0.25) is 0 Å². The maximum Gasteiger partial charge on any atom is 0.341 e. The molecule has 0 aliphatic heterocycles. The van der Waals surface area contributed by atoms with Crippen LogP contribution in [0.1, 0.15) is 60.1 Å². The molecule has 6 nitrogen and oxygen atoms in total. The molecule has 2 saturated carbocycles. The van der Waals surface area contributed by atoms with Crippen molar-refractivity contribution in [3.63, 3.8) is 0 Å². The molecule has 1 aromatic carbocycles. The number of aromatic nitrogens is 1. The van der Waals surface area contributed by atoms with Crippen LogP contribution in [0, 0.1) is 18.3 Å². The average molecular weight is 399 g/mol. The lowest BCUT2D eigenvalue weighted by Gasteiger charge is -2.24. The Kier molecular flexibility index (Phi) is 4.61. The van der Waals surface area contributed by atoms with E-state index in [-0.39, 0.29) is 16.5 Å². The number of carbonyl (C=O) groups is 1. The summed E-state index contributed by atoms with van der Waals surface area (Å²) in [6.07, 6.45) is 3.33. The van der Waals surface area contributed by atoms with Gasteiger partial charge in [0.1, 0.15) is 11.7 Å². The van der Waals surface area contributed by atoms with Crippen molar-refractivity contribution in [2.75, 3.05) is 7.05 Å². The fourth-order valence-corrected chi connectivity index (χ4v) is 4.54. The molecule has 0 bridgehead atoms. The number of hydrogen-bond acceptors (Lipinski definition) is 4. The van der Waals surface area contributed by atoms with Gasteiger partial charge >= 0.3 is 5.97 Å². The van der Waals surface area contributed by atoms with Crippen LogP contribution in [0.15, 0.2) is 23.1 Å². The summed E-state index contributed by atoms with van der Waals surface area (Å²) in [5.74, 6) is -1.02. The third-order valence-corrected chi connectivity index (χ3v) is 6.78. The monoisotopic (exact) mass is 399 g/mol. The van der Waals surface area contributed by atoms with Crippen LogP contribution in [-0.4, -0.2) is 40.1 Å². The van der Waals surface area contributed by atoms with Gasteiger partial charge in [-0.05, 0) is 50.8 Å². The quantitative estimate of drug-likeness (QED) is 0.622. The van der Waals surface area contributed by atoms with Crippen LogP contribution in [0.3, 0.4) is 0 Å². The summed E-state index contributed by atoms with van der Waals surface area (Å²) < 4.78 is 15.5. The largest absolute Gasteiger partial charge is 0.477 e. The lowest BCUT2D eigenvalue weighted by molar-refractivity contribution is 0.0694. The lowest BCUT2D eigenvalue weighted by atomic mass is 9.89. The van der Waals surface area contributed by atoms with E-state index in [2.05, 4.69) is 12.2 Å². The number of rotatable bonds is 7. The molecule has 0 radical (unpaired) electrons. The Morgan fingerprint density at radius 3 is 2.59 bits per heavy atom. The topological polar surface area (TPSA) is 95.2 Å². The van der Waals surface area contributed by atoms with Crippen LogP contribution in [0.4, 0.5) is 4.39 Å². The first-order valence-electron chi connectivity index (χ1n) is 10.0. The molecule has 3 atom stereocenters. The number of pyridine rings is 1. The molecule has 154 valence electrons. The molecule has 2 aliphatic carbocycles. The molecule has 2 fully saturated rings. The van der Waals surface area contributed by atoms with Gasteiger partial charge < -0.3 is 20.4 Å². The van der Waals surface area contributed by atoms with E-state index in [1.807, 2.05) is 14.0 Å². The van der Waals surface area contributed by atoms with E-state index in [0.717, 1.165) is 24.0 Å². The second-order valence-corrected chi connectivity index (χ2v) is 8.53. The molecule has 0 unspecified atom stereocenters. The molecule has 1 aromatic heterocycles. The van der Waals surface area contributed by atoms with Gasteiger partial charge in [-0.15, -0.1) is 0 Å². The number of nitrogens with zero attached hydrogens (tertiary/aromatic N) is 1. The van der Waals surface area contributed by atoms with Crippen molar-refractivity contribution in [2.24, 2.45) is 5.92 Å². The summed E-state index contributed by atoms with van der Waals surface area (Å²) in [7, 11) is 1.95. The number of nitrogens with one attached hydrogen (secondary N) is 2. The van der Waals surface area contributed by atoms with E-state index in [4.69, 9.17) is 5.41 Å². The molecule has 29 heavy (non-hydrogen) atoms. The van der Waals surface area contributed by atoms with Crippen LogP contribution in [0.25, 0.3) is 10.9 Å². The normalized spacial score (nSPS) is 23.0. The Morgan fingerprint density at radius 2 is 2.07 bits per heavy atom. The van der Waals surface area contributed by atoms with Gasteiger partial charge in [0.15, 0.2) is 0 Å². The third kappa shape index (κ3) is 3.17. The number of alkyl halides is 1. The van der Waals surface area contributed by atoms with Gasteiger partial charge in [-0.1, -0.05) is 13.0 Å². The van der Waals surface area contributed by atoms with E-state index in [1.54, 1.807) is 16.7 Å². The Labute approximate surface area is 168 Å². The van der Waals surface area contributed by atoms with Crippen molar-refractivity contribution in [1.82, 2.24) is 9.88 Å². The average Bonchev–Trinajstić information content (AvgIpc) is 3.59. The first-order valence-corrected chi connectivity index (χ1v) is 10.0. The van der Waals surface area contributed by atoms with Crippen LogP contribution < -0.4 is 10.7 Å². The van der Waals surface area contributed by atoms with E-state index in [0.29, 0.717) is 30.0 Å². The summed E-state index contributed by atoms with van der Waals surface area (Å²) in [5.41, 5.74) is 1.65. The van der Waals surface area contributed by atoms with E-state index >= 15 is 0 Å². The van der Waals surface area contributed by atoms with Gasteiger partial charge in [0.25, 0.3) is 0 Å². The predicted octanol–water partition coefficient (Wildman–Crippen LogP) is 3.44. The number of carboxylic acids is 1. The minimum absolute atomic E-state index is 0.102. The van der Waals surface area contributed by atoms with Crippen LogP contribution >= 0.6 is 0 Å². The highest BCUT2D eigenvalue weighted by atomic mass is 19.1. The Balaban J connectivity index is 1.80. The summed E-state index contributed by atoms with van der Waals surface area (Å²) in [4.78, 5) is 24.2. The summed E-state index contributed by atoms with van der Waals surface area (Å²) in [5, 5.41) is 21.7. The first-order chi connectivity index (χ1) is 13.7. The minimum atomic E-state index is -1.31. The molecule has 0 amide bonds. The van der Waals surface area contributed by atoms with Gasteiger partial charge in [0.05, 0.1) is 11.6 Å². The zero-order chi connectivity index (χ0) is 21.1. The second kappa shape index (κ2) is 6.76. The van der Waals surface area contributed by atoms with E-state index < -0.39 is 23.6 Å². The maximum absolute atomic E-state index is 13.9. The molecule has 1 heterocycles. The number of hydrogen-bond donors (Lipinski definition) is 3. The predicted molar refractivity (Wildman–Crippen MR) is 110 cm³/mol. The smallest absolute Gasteiger partial charge is 0.341 e. The van der Waals surface area contributed by atoms with E-state index in [1.165, 1.54) is 6.20 Å². The fourth-order valence-electron chi connectivity index (χ4n) is 4.54. The van der Waals surface area contributed by atoms with Gasteiger partial charge in [0, 0.05) is 34.8 Å². The van der Waals surface area contributed by atoms with Gasteiger partial charge in [-0.3, -0.25) is 4.79 Å². The zero-order valence-corrected chi connectivity index (χ0v) is 16.9. The molecule has 2 aliphatic rings. The minimum Gasteiger partial charge on any atom is -0.477 e. The highest BCUT2D eigenvalue weighted by Gasteiger charge is 2.46. The molecule has 3 N–H and O–H groups in total. The Bertz CT molecular complexity index is 1090. The van der Waals surface area contributed by atoms with Crippen molar-refractivity contribution in [1.29, 1.82) is 5.41 Å². The Morgan fingerprint density at radius 1 is 1.41 bits per heavy atom. The Hall–Kier alpha value is -2.54. The molecule has 0 spiro atoms. The molecular formula is C22H26FN3O3. The molecule has 7 heteroatoms. The lowest BCUT2D eigenvalue weighted by Crippen LogP contribution is -2.35. The first kappa shape index (κ1) is 19.8. The molecule has 4 rings (SSSR count). The van der Waals surface area contributed by atoms with Crippen molar-refractivity contribution in [2.45, 2.75) is 57.3 Å². The SMILES string of the molecule is CNC1([C@H](C)CC(=N)c2ccc3c(=O)c(C(=O)O)cn([C@H]4C[C@H]4F)c3c2C)CC1. The van der Waals surface area contributed by atoms with Gasteiger partial charge in [-0.25, -0.2) is 9.18 Å². The second-order valence-electron chi connectivity index (χ2n) is 8.53. The number of aromatic carboxylic acids is 1. The van der Waals surface area contributed by atoms with Crippen LogP contribution in [-0.2, 0) is 0 Å². The van der Waals surface area contributed by atoms with Crippen molar-refractivity contribution < 1.29 is 14.3 Å². The number of benzene rings is 1. The number of fused-ring (bicyclic) bond motifs is 1. The summed E-state index contributed by atoms with van der Waals surface area (Å²) >= 11 is 0. The number of halogens is 1. The summed E-state index contributed by atoms with van der Waals surface area (Å²) in [6.45, 7) is 3.97. The molecule has 2 aromatic rings. The van der Waals surface area contributed by atoms with Gasteiger partial charge in [0.2, 0.25) is 5.43 Å². The molecular weight excluding hydrogens is 373 g/mol. The maximum atomic E-state index is 13.9. The van der Waals surface area contributed by atoms with Crippen molar-refractivity contribution >= 4 is 22.6 Å². The summed E-state index contributed by atoms with van der Waals surface area (Å²) in [6, 6.07) is 2.85. The van der Waals surface area contributed by atoms with Crippen molar-refractivity contribution in [3.05, 3.63) is 45.2 Å². The zero-order valence-electron chi connectivity index (χ0n) is 16.9.